The third-order valence-corrected chi connectivity index (χ3v) is 4.77. The summed E-state index contributed by atoms with van der Waals surface area (Å²) in [7, 11) is 0. The van der Waals surface area contributed by atoms with Gasteiger partial charge in [-0.2, -0.15) is 11.8 Å². The molecule has 0 saturated heterocycles. The van der Waals surface area contributed by atoms with Crippen LogP contribution in [0.4, 0.5) is 0 Å². The molecule has 0 fully saturated rings. The summed E-state index contributed by atoms with van der Waals surface area (Å²) in [5.41, 5.74) is 2.28. The summed E-state index contributed by atoms with van der Waals surface area (Å²) >= 11 is 1.73. The van der Waals surface area contributed by atoms with Gasteiger partial charge in [0.2, 0.25) is 12.3 Å². The molecule has 0 radical (unpaired) electrons. The lowest BCUT2D eigenvalue weighted by atomic mass is 10.1. The van der Waals surface area contributed by atoms with Gasteiger partial charge in [-0.15, -0.1) is 10.2 Å². The average Bonchev–Trinajstić information content (AvgIpc) is 3.27. The molecule has 3 rings (SSSR count). The van der Waals surface area contributed by atoms with E-state index in [0.717, 1.165) is 11.5 Å². The van der Waals surface area contributed by atoms with E-state index in [1.807, 2.05) is 18.2 Å². The van der Waals surface area contributed by atoms with Gasteiger partial charge in [-0.05, 0) is 29.8 Å². The maximum absolute atomic E-state index is 12.0. The van der Waals surface area contributed by atoms with Crippen molar-refractivity contribution < 1.29 is 18.7 Å². The number of rotatable bonds is 9. The highest BCUT2D eigenvalue weighted by molar-refractivity contribution is 7.98. The smallest absolute Gasteiger partial charge is 0.338 e. The molecule has 0 bridgehead atoms. The number of amides is 1. The van der Waals surface area contributed by atoms with E-state index < -0.39 is 5.97 Å². The molecule has 1 heterocycles. The van der Waals surface area contributed by atoms with Gasteiger partial charge in [0.15, 0.2) is 6.61 Å². The Morgan fingerprint density at radius 2 is 1.86 bits per heavy atom. The van der Waals surface area contributed by atoms with Gasteiger partial charge in [-0.25, -0.2) is 4.79 Å². The number of nitrogens with zero attached hydrogens (tertiary/aromatic N) is 2. The van der Waals surface area contributed by atoms with Gasteiger partial charge in [-0.1, -0.05) is 30.3 Å². The molecule has 3 aromatic rings. The number of benzene rings is 2. The first-order valence-electron chi connectivity index (χ1n) is 8.64. The van der Waals surface area contributed by atoms with Crippen LogP contribution in [-0.4, -0.2) is 41.0 Å². The summed E-state index contributed by atoms with van der Waals surface area (Å²) in [6.45, 7) is 0.209. The summed E-state index contributed by atoms with van der Waals surface area (Å²) in [5.74, 6) is 1.16. The van der Waals surface area contributed by atoms with Crippen LogP contribution < -0.4 is 5.32 Å². The fourth-order valence-corrected chi connectivity index (χ4v) is 3.16. The summed E-state index contributed by atoms with van der Waals surface area (Å²) in [4.78, 5) is 23.8. The molecule has 0 aliphatic heterocycles. The summed E-state index contributed by atoms with van der Waals surface area (Å²) in [5, 5.41) is 10.1. The number of hydrogen-bond acceptors (Lipinski definition) is 7. The zero-order chi connectivity index (χ0) is 19.6. The molecule has 0 atom stereocenters. The van der Waals surface area contributed by atoms with Crippen LogP contribution in [0.15, 0.2) is 65.4 Å². The van der Waals surface area contributed by atoms with E-state index in [-0.39, 0.29) is 12.5 Å². The number of esters is 1. The Bertz CT molecular complexity index is 884. The van der Waals surface area contributed by atoms with Crippen molar-refractivity contribution in [3.63, 3.8) is 0 Å². The first kappa shape index (κ1) is 19.6. The van der Waals surface area contributed by atoms with Gasteiger partial charge in [0.1, 0.15) is 0 Å². The van der Waals surface area contributed by atoms with Crippen molar-refractivity contribution >= 4 is 23.6 Å². The number of thioether (sulfide) groups is 1. The summed E-state index contributed by atoms with van der Waals surface area (Å²) < 4.78 is 10.1. The van der Waals surface area contributed by atoms with E-state index in [4.69, 9.17) is 9.15 Å². The molecular formula is C20H19N3O4S. The molecule has 144 valence electrons. The van der Waals surface area contributed by atoms with Crippen molar-refractivity contribution in [2.45, 2.75) is 5.75 Å². The quantitative estimate of drug-likeness (QED) is 0.438. The predicted molar refractivity (Wildman–Crippen MR) is 106 cm³/mol. The van der Waals surface area contributed by atoms with E-state index >= 15 is 0 Å². The first-order chi connectivity index (χ1) is 13.7. The second-order valence-electron chi connectivity index (χ2n) is 5.79. The Morgan fingerprint density at radius 3 is 2.57 bits per heavy atom. The zero-order valence-corrected chi connectivity index (χ0v) is 15.9. The van der Waals surface area contributed by atoms with Crippen molar-refractivity contribution in [2.24, 2.45) is 0 Å². The fourth-order valence-electron chi connectivity index (χ4n) is 2.34. The third-order valence-electron chi connectivity index (χ3n) is 3.74. The maximum Gasteiger partial charge on any atom is 0.338 e. The van der Waals surface area contributed by atoms with E-state index in [1.165, 1.54) is 12.0 Å². The van der Waals surface area contributed by atoms with Crippen LogP contribution in [0.5, 0.6) is 0 Å². The number of carbonyl (C=O) groups is 2. The molecule has 1 amide bonds. The van der Waals surface area contributed by atoms with Crippen molar-refractivity contribution in [1.82, 2.24) is 15.5 Å². The molecule has 28 heavy (non-hydrogen) atoms. The summed E-state index contributed by atoms with van der Waals surface area (Å²) in [6, 6.07) is 16.6. The zero-order valence-electron chi connectivity index (χ0n) is 15.0. The SMILES string of the molecule is O=C(COC(=O)c1ccc(-c2nnco2)cc1)NCCSCc1ccccc1. The van der Waals surface area contributed by atoms with Crippen molar-refractivity contribution in [3.05, 3.63) is 72.1 Å². The van der Waals surface area contributed by atoms with Crippen LogP contribution >= 0.6 is 11.8 Å². The van der Waals surface area contributed by atoms with Gasteiger partial charge in [0, 0.05) is 23.6 Å². The van der Waals surface area contributed by atoms with Crippen LogP contribution in [0.25, 0.3) is 11.5 Å². The highest BCUT2D eigenvalue weighted by Crippen LogP contribution is 2.17. The Labute approximate surface area is 166 Å². The van der Waals surface area contributed by atoms with Crippen LogP contribution in [0.3, 0.4) is 0 Å². The summed E-state index contributed by atoms with van der Waals surface area (Å²) in [6.07, 6.45) is 1.23. The van der Waals surface area contributed by atoms with Crippen LogP contribution in [0, 0.1) is 0 Å². The molecule has 0 spiro atoms. The van der Waals surface area contributed by atoms with Crippen LogP contribution in [0.1, 0.15) is 15.9 Å². The highest BCUT2D eigenvalue weighted by Gasteiger charge is 2.11. The largest absolute Gasteiger partial charge is 0.452 e. The molecule has 8 heteroatoms. The number of ether oxygens (including phenoxy) is 1. The van der Waals surface area contributed by atoms with E-state index in [1.54, 1.807) is 36.0 Å². The normalized spacial score (nSPS) is 10.4. The highest BCUT2D eigenvalue weighted by atomic mass is 32.2. The Kier molecular flexibility index (Phi) is 7.20. The molecule has 7 nitrogen and oxygen atoms in total. The maximum atomic E-state index is 12.0. The first-order valence-corrected chi connectivity index (χ1v) is 9.80. The van der Waals surface area contributed by atoms with Crippen LogP contribution in [-0.2, 0) is 15.3 Å². The minimum Gasteiger partial charge on any atom is -0.452 e. The van der Waals surface area contributed by atoms with Crippen molar-refractivity contribution in [2.75, 3.05) is 18.9 Å². The number of aromatic nitrogens is 2. The van der Waals surface area contributed by atoms with E-state index in [2.05, 4.69) is 27.6 Å². The predicted octanol–water partition coefficient (Wildman–Crippen LogP) is 2.94. The topological polar surface area (TPSA) is 94.3 Å². The van der Waals surface area contributed by atoms with Crippen LogP contribution in [0.2, 0.25) is 0 Å². The molecule has 1 aromatic heterocycles. The molecule has 0 aliphatic carbocycles. The minimum atomic E-state index is -0.564. The van der Waals surface area contributed by atoms with Gasteiger partial charge < -0.3 is 14.5 Å². The molecule has 0 saturated carbocycles. The van der Waals surface area contributed by atoms with Gasteiger partial charge in [0.05, 0.1) is 5.56 Å². The average molecular weight is 397 g/mol. The van der Waals surface area contributed by atoms with Crippen molar-refractivity contribution in [1.29, 1.82) is 0 Å². The molecule has 0 aliphatic rings. The van der Waals surface area contributed by atoms with E-state index in [0.29, 0.717) is 23.6 Å². The second kappa shape index (κ2) is 10.3. The standard InChI is InChI=1S/C20H19N3O4S/c24-18(21-10-11-28-13-15-4-2-1-3-5-15)12-26-20(25)17-8-6-16(7-9-17)19-23-22-14-27-19/h1-9,14H,10-13H2,(H,21,24). The molecule has 2 aromatic carbocycles. The Hall–Kier alpha value is -3.13. The van der Waals surface area contributed by atoms with Crippen molar-refractivity contribution in [3.8, 4) is 11.5 Å². The lowest BCUT2D eigenvalue weighted by molar-refractivity contribution is -0.124. The third kappa shape index (κ3) is 5.95. The number of hydrogen-bond donors (Lipinski definition) is 1. The number of carbonyl (C=O) groups excluding carboxylic acids is 2. The number of nitrogens with one attached hydrogen (secondary N) is 1. The van der Waals surface area contributed by atoms with Gasteiger partial charge in [0.25, 0.3) is 5.91 Å². The lowest BCUT2D eigenvalue weighted by Crippen LogP contribution is -2.30. The Balaban J connectivity index is 1.33. The minimum absolute atomic E-state index is 0.312. The van der Waals surface area contributed by atoms with Gasteiger partial charge >= 0.3 is 5.97 Å². The van der Waals surface area contributed by atoms with Gasteiger partial charge in [-0.3, -0.25) is 4.79 Å². The fraction of sp³-hybridized carbons (Fsp3) is 0.200. The molecule has 1 N–H and O–H groups in total. The molecular weight excluding hydrogens is 378 g/mol. The monoisotopic (exact) mass is 397 g/mol. The lowest BCUT2D eigenvalue weighted by Gasteiger charge is -2.07. The second-order valence-corrected chi connectivity index (χ2v) is 6.89. The van der Waals surface area contributed by atoms with E-state index in [9.17, 15) is 9.59 Å². The Morgan fingerprint density at radius 1 is 1.07 bits per heavy atom. The molecule has 0 unspecified atom stereocenters.